The summed E-state index contributed by atoms with van der Waals surface area (Å²) in [4.78, 5) is 0. The lowest BCUT2D eigenvalue weighted by molar-refractivity contribution is 0.238. The van der Waals surface area contributed by atoms with Crippen LogP contribution in [0.15, 0.2) is 42.5 Å². The summed E-state index contributed by atoms with van der Waals surface area (Å²) in [6.45, 7) is 0. The van der Waals surface area contributed by atoms with Crippen molar-refractivity contribution in [1.29, 1.82) is 0 Å². The Bertz CT molecular complexity index is 615. The molecule has 0 amide bonds. The lowest BCUT2D eigenvalue weighted by Crippen LogP contribution is -1.96. The van der Waals surface area contributed by atoms with Crippen molar-refractivity contribution in [3.63, 3.8) is 0 Å². The van der Waals surface area contributed by atoms with Gasteiger partial charge < -0.3 is 9.84 Å². The standard InChI is InChI=1S/C15H10F2O2/c1-2-14(18)10-3-8-13(17)15(9-10)19-12-6-4-11(16)5-7-12/h1,3-9,14,18H. The monoisotopic (exact) mass is 260 g/mol. The topological polar surface area (TPSA) is 29.5 Å². The van der Waals surface area contributed by atoms with Gasteiger partial charge in [-0.05, 0) is 42.0 Å². The second kappa shape index (κ2) is 5.51. The van der Waals surface area contributed by atoms with E-state index in [4.69, 9.17) is 11.2 Å². The van der Waals surface area contributed by atoms with Crippen LogP contribution in [0.3, 0.4) is 0 Å². The SMILES string of the molecule is C#CC(O)c1ccc(F)c(Oc2ccc(F)cc2)c1. The molecule has 1 unspecified atom stereocenters. The predicted molar refractivity (Wildman–Crippen MR) is 66.7 cm³/mol. The highest BCUT2D eigenvalue weighted by molar-refractivity contribution is 5.37. The van der Waals surface area contributed by atoms with Crippen LogP contribution in [-0.2, 0) is 0 Å². The third-order valence-electron chi connectivity index (χ3n) is 2.47. The molecule has 0 radical (unpaired) electrons. The highest BCUT2D eigenvalue weighted by Gasteiger charge is 2.10. The van der Waals surface area contributed by atoms with E-state index in [9.17, 15) is 13.9 Å². The van der Waals surface area contributed by atoms with Gasteiger partial charge in [0, 0.05) is 0 Å². The van der Waals surface area contributed by atoms with Gasteiger partial charge >= 0.3 is 0 Å². The van der Waals surface area contributed by atoms with Gasteiger partial charge in [-0.3, -0.25) is 0 Å². The van der Waals surface area contributed by atoms with E-state index in [-0.39, 0.29) is 11.5 Å². The van der Waals surface area contributed by atoms with Crippen molar-refractivity contribution in [2.75, 3.05) is 0 Å². The molecule has 96 valence electrons. The summed E-state index contributed by atoms with van der Waals surface area (Å²) in [5, 5.41) is 9.48. The summed E-state index contributed by atoms with van der Waals surface area (Å²) < 4.78 is 31.6. The van der Waals surface area contributed by atoms with E-state index in [1.54, 1.807) is 0 Å². The smallest absolute Gasteiger partial charge is 0.165 e. The zero-order valence-corrected chi connectivity index (χ0v) is 9.81. The molecule has 0 aliphatic carbocycles. The van der Waals surface area contributed by atoms with Crippen LogP contribution in [0.25, 0.3) is 0 Å². The molecule has 0 spiro atoms. The van der Waals surface area contributed by atoms with E-state index in [0.29, 0.717) is 5.56 Å². The molecular weight excluding hydrogens is 250 g/mol. The fraction of sp³-hybridized carbons (Fsp3) is 0.0667. The number of halogens is 2. The minimum absolute atomic E-state index is 0.0848. The van der Waals surface area contributed by atoms with Gasteiger partial charge in [0.2, 0.25) is 0 Å². The third kappa shape index (κ3) is 3.09. The molecule has 2 nitrogen and oxygen atoms in total. The van der Waals surface area contributed by atoms with Crippen LogP contribution in [0.2, 0.25) is 0 Å². The zero-order chi connectivity index (χ0) is 13.8. The Kier molecular flexibility index (Phi) is 3.79. The summed E-state index contributed by atoms with van der Waals surface area (Å²) in [7, 11) is 0. The average Bonchev–Trinajstić information content (AvgIpc) is 2.43. The molecule has 0 aromatic heterocycles. The van der Waals surface area contributed by atoms with Crippen LogP contribution >= 0.6 is 0 Å². The Morgan fingerprint density at radius 3 is 2.42 bits per heavy atom. The van der Waals surface area contributed by atoms with E-state index in [1.165, 1.54) is 36.4 Å². The van der Waals surface area contributed by atoms with Gasteiger partial charge in [-0.25, -0.2) is 8.78 Å². The number of terminal acetylenes is 1. The molecule has 19 heavy (non-hydrogen) atoms. The van der Waals surface area contributed by atoms with Gasteiger partial charge in [0.25, 0.3) is 0 Å². The summed E-state index contributed by atoms with van der Waals surface area (Å²) in [6, 6.07) is 8.98. The normalized spacial score (nSPS) is 11.7. The highest BCUT2D eigenvalue weighted by atomic mass is 19.1. The van der Waals surface area contributed by atoms with Crippen LogP contribution in [-0.4, -0.2) is 5.11 Å². The second-order valence-electron chi connectivity index (χ2n) is 3.82. The maximum atomic E-state index is 13.6. The van der Waals surface area contributed by atoms with Crippen molar-refractivity contribution in [2.24, 2.45) is 0 Å². The van der Waals surface area contributed by atoms with E-state index in [2.05, 4.69) is 5.92 Å². The first kappa shape index (κ1) is 13.1. The largest absolute Gasteiger partial charge is 0.454 e. The molecule has 0 bridgehead atoms. The van der Waals surface area contributed by atoms with Crippen molar-refractivity contribution < 1.29 is 18.6 Å². The summed E-state index contributed by atoms with van der Waals surface area (Å²) in [5.41, 5.74) is 0.348. The van der Waals surface area contributed by atoms with Gasteiger partial charge in [0.15, 0.2) is 11.6 Å². The Morgan fingerprint density at radius 1 is 1.11 bits per heavy atom. The Morgan fingerprint density at radius 2 is 1.79 bits per heavy atom. The van der Waals surface area contributed by atoms with E-state index >= 15 is 0 Å². The summed E-state index contributed by atoms with van der Waals surface area (Å²) >= 11 is 0. The molecule has 1 atom stereocenters. The summed E-state index contributed by atoms with van der Waals surface area (Å²) in [5.74, 6) is 1.31. The molecule has 0 saturated heterocycles. The first-order valence-corrected chi connectivity index (χ1v) is 5.47. The van der Waals surface area contributed by atoms with E-state index in [0.717, 1.165) is 6.07 Å². The quantitative estimate of drug-likeness (QED) is 0.857. The molecule has 4 heteroatoms. The van der Waals surface area contributed by atoms with Gasteiger partial charge in [-0.2, -0.15) is 0 Å². The van der Waals surface area contributed by atoms with Crippen molar-refractivity contribution in [1.82, 2.24) is 0 Å². The Hall–Kier alpha value is -2.38. The van der Waals surface area contributed by atoms with Gasteiger partial charge in [0.05, 0.1) is 0 Å². The van der Waals surface area contributed by atoms with Crippen LogP contribution in [0.1, 0.15) is 11.7 Å². The van der Waals surface area contributed by atoms with Gasteiger partial charge in [0.1, 0.15) is 17.7 Å². The fourth-order valence-corrected chi connectivity index (χ4v) is 1.49. The maximum absolute atomic E-state index is 13.6. The number of hydrogen-bond acceptors (Lipinski definition) is 2. The lowest BCUT2D eigenvalue weighted by atomic mass is 10.1. The third-order valence-corrected chi connectivity index (χ3v) is 2.47. The molecule has 0 fully saturated rings. The molecule has 1 N–H and O–H groups in total. The predicted octanol–water partition coefficient (Wildman–Crippen LogP) is 3.42. The van der Waals surface area contributed by atoms with Crippen LogP contribution in [0, 0.1) is 24.0 Å². The molecular formula is C15H10F2O2. The van der Waals surface area contributed by atoms with Crippen LogP contribution < -0.4 is 4.74 Å². The first-order chi connectivity index (χ1) is 9.10. The van der Waals surface area contributed by atoms with Gasteiger partial charge in [-0.1, -0.05) is 12.0 Å². The number of ether oxygens (including phenoxy) is 1. The number of aliphatic hydroxyl groups excluding tert-OH is 1. The molecule has 0 heterocycles. The van der Waals surface area contributed by atoms with Crippen LogP contribution in [0.5, 0.6) is 11.5 Å². The van der Waals surface area contributed by atoms with Gasteiger partial charge in [-0.15, -0.1) is 6.42 Å². The van der Waals surface area contributed by atoms with Crippen molar-refractivity contribution >= 4 is 0 Å². The highest BCUT2D eigenvalue weighted by Crippen LogP contribution is 2.27. The molecule has 0 aliphatic rings. The average molecular weight is 260 g/mol. The number of rotatable bonds is 3. The Labute approximate surface area is 109 Å². The summed E-state index contributed by atoms with van der Waals surface area (Å²) in [6.07, 6.45) is 3.96. The zero-order valence-electron chi connectivity index (χ0n) is 9.81. The maximum Gasteiger partial charge on any atom is 0.165 e. The number of benzene rings is 2. The van der Waals surface area contributed by atoms with Crippen molar-refractivity contribution in [3.05, 3.63) is 59.7 Å². The molecule has 0 aliphatic heterocycles. The Balaban J connectivity index is 2.29. The van der Waals surface area contributed by atoms with Crippen molar-refractivity contribution in [3.8, 4) is 23.8 Å². The minimum Gasteiger partial charge on any atom is -0.454 e. The fourth-order valence-electron chi connectivity index (χ4n) is 1.49. The number of hydrogen-bond donors (Lipinski definition) is 1. The van der Waals surface area contributed by atoms with Crippen molar-refractivity contribution in [2.45, 2.75) is 6.10 Å². The molecule has 0 saturated carbocycles. The van der Waals surface area contributed by atoms with E-state index in [1.807, 2.05) is 0 Å². The first-order valence-electron chi connectivity index (χ1n) is 5.47. The molecule has 2 rings (SSSR count). The number of aliphatic hydroxyl groups is 1. The molecule has 2 aromatic carbocycles. The second-order valence-corrected chi connectivity index (χ2v) is 3.82. The van der Waals surface area contributed by atoms with Crippen LogP contribution in [0.4, 0.5) is 8.78 Å². The minimum atomic E-state index is -1.13. The molecule has 2 aromatic rings. The van der Waals surface area contributed by atoms with E-state index < -0.39 is 17.7 Å². The lowest BCUT2D eigenvalue weighted by Gasteiger charge is -2.10.